The summed E-state index contributed by atoms with van der Waals surface area (Å²) in [7, 11) is 0. The highest BCUT2D eigenvalue weighted by Crippen LogP contribution is 2.43. The molecule has 1 aliphatic carbocycles. The van der Waals surface area contributed by atoms with Gasteiger partial charge in [0.2, 0.25) is 0 Å². The first-order chi connectivity index (χ1) is 24.7. The van der Waals surface area contributed by atoms with Gasteiger partial charge >= 0.3 is 0 Å². The Labute approximate surface area is 295 Å². The highest BCUT2D eigenvalue weighted by molar-refractivity contribution is 7.26. The number of hydrogen-bond donors (Lipinski definition) is 1. The van der Waals surface area contributed by atoms with Gasteiger partial charge in [-0.05, 0) is 65.1 Å². The molecule has 1 N–H and O–H groups in total. The smallest absolute Gasteiger partial charge is 0.0991 e. The Morgan fingerprint density at radius 3 is 2.28 bits per heavy atom. The number of hydrogen-bond acceptors (Lipinski definition) is 2. The second-order valence-electron chi connectivity index (χ2n) is 13.6. The van der Waals surface area contributed by atoms with Crippen molar-refractivity contribution in [3.05, 3.63) is 168 Å². The Morgan fingerprint density at radius 2 is 1.42 bits per heavy atom. The number of benzene rings is 6. The van der Waals surface area contributed by atoms with Crippen LogP contribution in [0.3, 0.4) is 0 Å². The van der Waals surface area contributed by atoms with Crippen molar-refractivity contribution in [2.75, 3.05) is 0 Å². The molecule has 4 nitrogen and oxygen atoms in total. The van der Waals surface area contributed by atoms with Gasteiger partial charge in [-0.25, -0.2) is 0 Å². The van der Waals surface area contributed by atoms with Gasteiger partial charge < -0.3 is 14.8 Å². The lowest BCUT2D eigenvalue weighted by molar-refractivity contribution is -1.01. The summed E-state index contributed by atoms with van der Waals surface area (Å²) in [5.41, 5.74) is 9.56. The molecule has 1 saturated heterocycles. The van der Waals surface area contributed by atoms with E-state index >= 15 is 0 Å². The molecule has 5 heteroatoms. The van der Waals surface area contributed by atoms with Crippen LogP contribution in [0.1, 0.15) is 48.3 Å². The monoisotopic (exact) mass is 662 g/mol. The third-order valence-electron chi connectivity index (χ3n) is 10.9. The average molecular weight is 663 g/mol. The first-order valence-corrected chi connectivity index (χ1v) is 18.3. The normalized spacial score (nSPS) is 20.6. The van der Waals surface area contributed by atoms with Crippen LogP contribution in [0.25, 0.3) is 64.1 Å². The van der Waals surface area contributed by atoms with Crippen LogP contribution >= 0.6 is 11.3 Å². The van der Waals surface area contributed by atoms with Crippen LogP contribution in [0.2, 0.25) is 0 Å². The largest absolute Gasteiger partial charge is 0.549 e. The third kappa shape index (κ3) is 4.64. The summed E-state index contributed by atoms with van der Waals surface area (Å²) in [6.45, 7) is 0. The van der Waals surface area contributed by atoms with Gasteiger partial charge in [0.25, 0.3) is 0 Å². The number of thiophene rings is 1. The Bertz CT molecular complexity index is 2660. The molecule has 6 aromatic carbocycles. The molecule has 4 unspecified atom stereocenters. The molecule has 0 spiro atoms. The van der Waals surface area contributed by atoms with Crippen molar-refractivity contribution in [1.82, 2.24) is 4.57 Å². The molecule has 240 valence electrons. The van der Waals surface area contributed by atoms with Crippen LogP contribution in [0.5, 0.6) is 0 Å². The van der Waals surface area contributed by atoms with Crippen molar-refractivity contribution in [2.24, 2.45) is 0 Å². The van der Waals surface area contributed by atoms with Gasteiger partial charge in [0, 0.05) is 61.8 Å². The molecule has 1 aliphatic heterocycles. The maximum atomic E-state index is 9.59. The van der Waals surface area contributed by atoms with Gasteiger partial charge in [-0.2, -0.15) is 5.26 Å². The Hall–Kier alpha value is -5.51. The fourth-order valence-electron chi connectivity index (χ4n) is 8.56. The number of rotatable bonds is 5. The van der Waals surface area contributed by atoms with E-state index < -0.39 is 0 Å². The quantitative estimate of drug-likeness (QED) is 0.196. The van der Waals surface area contributed by atoms with E-state index in [9.17, 15) is 5.26 Å². The number of quaternary nitrogens is 1. The van der Waals surface area contributed by atoms with Gasteiger partial charge in [-0.15, -0.1) is 11.3 Å². The van der Waals surface area contributed by atoms with Crippen molar-refractivity contribution in [3.63, 3.8) is 0 Å². The molecular weight excluding hydrogens is 629 g/mol. The summed E-state index contributed by atoms with van der Waals surface area (Å²) in [5, 5.41) is 20.1. The summed E-state index contributed by atoms with van der Waals surface area (Å²) in [4.78, 5) is 1.49. The summed E-state index contributed by atoms with van der Waals surface area (Å²) in [6, 6.07) is 52.9. The zero-order valence-electron chi connectivity index (χ0n) is 27.5. The first-order valence-electron chi connectivity index (χ1n) is 17.5. The molecule has 0 amide bonds. The van der Waals surface area contributed by atoms with E-state index in [2.05, 4.69) is 138 Å². The summed E-state index contributed by atoms with van der Waals surface area (Å²) >= 11 is 1.89. The zero-order chi connectivity index (χ0) is 33.2. The minimum Gasteiger partial charge on any atom is -0.549 e. The predicted octanol–water partition coefficient (Wildman–Crippen LogP) is 10.8. The van der Waals surface area contributed by atoms with Gasteiger partial charge in [0.1, 0.15) is 0 Å². The maximum Gasteiger partial charge on any atom is 0.0991 e. The molecule has 2 aromatic heterocycles. The lowest BCUT2D eigenvalue weighted by Gasteiger charge is -2.61. The van der Waals surface area contributed by atoms with Crippen LogP contribution < -0.4 is 4.90 Å². The number of aromatic nitrogens is 1. The number of nitriles is 1. The van der Waals surface area contributed by atoms with E-state index in [0.29, 0.717) is 11.6 Å². The number of fused-ring (bicyclic) bond motifs is 6. The highest BCUT2D eigenvalue weighted by Gasteiger charge is 2.39. The number of para-hydroxylation sites is 1. The fraction of sp³-hybridized carbons (Fsp3) is 0.133. The van der Waals surface area contributed by atoms with E-state index in [0.717, 1.165) is 24.8 Å². The molecule has 4 atom stereocenters. The molecule has 10 rings (SSSR count). The van der Waals surface area contributed by atoms with Gasteiger partial charge in [-0.3, -0.25) is 0 Å². The molecular formula is C45H34N4S. The van der Waals surface area contributed by atoms with E-state index in [1.54, 1.807) is 0 Å². The molecule has 1 fully saturated rings. The Balaban J connectivity index is 1.02. The van der Waals surface area contributed by atoms with Crippen molar-refractivity contribution >= 4 is 59.0 Å². The van der Waals surface area contributed by atoms with Gasteiger partial charge in [0.15, 0.2) is 0 Å². The van der Waals surface area contributed by atoms with E-state index in [-0.39, 0.29) is 12.3 Å². The maximum absolute atomic E-state index is 9.59. The van der Waals surface area contributed by atoms with E-state index in [1.807, 2.05) is 29.5 Å². The average Bonchev–Trinajstić information content (AvgIpc) is 3.71. The number of nitrogens with zero attached hydrogens (tertiary/aromatic N) is 3. The Kier molecular flexibility index (Phi) is 6.95. The third-order valence-corrected chi connectivity index (χ3v) is 12.1. The van der Waals surface area contributed by atoms with Crippen molar-refractivity contribution in [1.29, 1.82) is 5.26 Å². The lowest BCUT2D eigenvalue weighted by atomic mass is 9.91. The van der Waals surface area contributed by atoms with Crippen molar-refractivity contribution in [2.45, 2.75) is 37.6 Å². The molecule has 0 radical (unpaired) electrons. The van der Waals surface area contributed by atoms with Gasteiger partial charge in [-0.1, -0.05) is 109 Å². The van der Waals surface area contributed by atoms with Crippen LogP contribution in [-0.4, -0.2) is 10.6 Å². The fourth-order valence-corrected chi connectivity index (χ4v) is 9.79. The molecule has 0 saturated carbocycles. The first kappa shape index (κ1) is 29.4. The van der Waals surface area contributed by atoms with Crippen LogP contribution in [0, 0.1) is 11.3 Å². The van der Waals surface area contributed by atoms with Crippen LogP contribution in [0.4, 0.5) is 0 Å². The van der Waals surface area contributed by atoms with Gasteiger partial charge in [0.05, 0.1) is 28.7 Å². The minimum atomic E-state index is 0.0329. The SMILES string of the molecule is N#Cc1cccc(C2[N-]C(c3ccccc3)[NH+]2C2CC=C(n3c4ccccc4c4cc(-c5cccc6c5sc5ccccc56)ccc43)CC2)c1. The van der Waals surface area contributed by atoms with Crippen LogP contribution in [-0.2, 0) is 0 Å². The standard InChI is InChI=1S/C45H33N4S/c46-28-29-10-8-13-32(26-29)45-47-44(30-11-2-1-3-12-30)49(45)34-23-21-33(22-24-34)48-40-18-6-4-14-36(40)39-27-31(20-25-41(39)48)35-16-9-17-38-37-15-5-7-19-42(37)50-43(35)38/h1-21,25-27,34,44-45H,22-24H2/q-1/p+1. The second kappa shape index (κ2) is 11.8. The minimum absolute atomic E-state index is 0.0329. The lowest BCUT2D eigenvalue weighted by Crippen LogP contribution is -3.21. The number of allylic oxidation sites excluding steroid dienone is 1. The van der Waals surface area contributed by atoms with Crippen molar-refractivity contribution in [3.8, 4) is 17.2 Å². The molecule has 8 aromatic rings. The van der Waals surface area contributed by atoms with E-state index in [4.69, 9.17) is 5.32 Å². The molecule has 2 aliphatic rings. The predicted molar refractivity (Wildman–Crippen MR) is 207 cm³/mol. The summed E-state index contributed by atoms with van der Waals surface area (Å²) in [5.74, 6) is 0. The summed E-state index contributed by atoms with van der Waals surface area (Å²) in [6.07, 6.45) is 5.68. The highest BCUT2D eigenvalue weighted by atomic mass is 32.1. The molecule has 0 bridgehead atoms. The Morgan fingerprint density at radius 1 is 0.680 bits per heavy atom. The van der Waals surface area contributed by atoms with Crippen LogP contribution in [0.15, 0.2) is 146 Å². The van der Waals surface area contributed by atoms with Crippen molar-refractivity contribution < 1.29 is 4.90 Å². The summed E-state index contributed by atoms with van der Waals surface area (Å²) < 4.78 is 5.20. The molecule has 3 heterocycles. The zero-order valence-corrected chi connectivity index (χ0v) is 28.3. The molecule has 50 heavy (non-hydrogen) atoms. The topological polar surface area (TPSA) is 47.3 Å². The number of nitrogens with one attached hydrogen (secondary N) is 1. The second-order valence-corrected chi connectivity index (χ2v) is 14.7. The van der Waals surface area contributed by atoms with E-state index in [1.165, 1.54) is 69.3 Å².